The van der Waals surface area contributed by atoms with Crippen molar-refractivity contribution in [3.8, 4) is 5.75 Å². The van der Waals surface area contributed by atoms with Crippen LogP contribution in [0, 0.1) is 11.3 Å². The van der Waals surface area contributed by atoms with Crippen molar-refractivity contribution in [2.45, 2.75) is 100 Å². The van der Waals surface area contributed by atoms with E-state index in [1.807, 2.05) is 67.5 Å². The number of ether oxygens (including phenoxy) is 2. The van der Waals surface area contributed by atoms with Crippen molar-refractivity contribution >= 4 is 11.9 Å². The Labute approximate surface area is 190 Å². The molecule has 1 aromatic rings. The molecule has 31 heavy (non-hydrogen) atoms. The van der Waals surface area contributed by atoms with Gasteiger partial charge in [0.2, 0.25) is 0 Å². The fourth-order valence-corrected chi connectivity index (χ4v) is 2.03. The summed E-state index contributed by atoms with van der Waals surface area (Å²) >= 11 is 0. The lowest BCUT2D eigenvalue weighted by Gasteiger charge is -2.21. The zero-order valence-corrected chi connectivity index (χ0v) is 21.7. The number of hydrogen-bond acceptors (Lipinski definition) is 5. The van der Waals surface area contributed by atoms with Gasteiger partial charge in [-0.15, -0.1) is 0 Å². The third-order valence-electron chi connectivity index (χ3n) is 5.12. The molecule has 0 heterocycles. The Hall–Kier alpha value is -2.04. The Morgan fingerprint density at radius 2 is 1.42 bits per heavy atom. The van der Waals surface area contributed by atoms with Crippen LogP contribution in [0.25, 0.3) is 0 Å². The van der Waals surface area contributed by atoms with Gasteiger partial charge in [0.25, 0.3) is 0 Å². The summed E-state index contributed by atoms with van der Waals surface area (Å²) in [6.07, 6.45) is 2.80. The van der Waals surface area contributed by atoms with E-state index in [0.717, 1.165) is 19.3 Å². The first-order valence-electron chi connectivity index (χ1n) is 11.2. The molecule has 0 aliphatic carbocycles. The first kappa shape index (κ1) is 31.1. The summed E-state index contributed by atoms with van der Waals surface area (Å²) in [6, 6.07) is 7.43. The van der Waals surface area contributed by atoms with E-state index >= 15 is 0 Å². The number of carbonyl (C=O) groups excluding carboxylic acids is 2. The van der Waals surface area contributed by atoms with Gasteiger partial charge >= 0.3 is 11.9 Å². The average molecular weight is 439 g/mol. The van der Waals surface area contributed by atoms with Crippen LogP contribution in [0.3, 0.4) is 0 Å². The maximum Gasteiger partial charge on any atom is 0.311 e. The number of rotatable bonds is 6. The lowest BCUT2D eigenvalue weighted by molar-refractivity contribution is -0.159. The van der Waals surface area contributed by atoms with Crippen LogP contribution in [0.15, 0.2) is 24.3 Å². The molecular formula is C26H46O5. The van der Waals surface area contributed by atoms with Gasteiger partial charge in [0.15, 0.2) is 0 Å². The van der Waals surface area contributed by atoms with E-state index in [2.05, 4.69) is 18.6 Å². The third kappa shape index (κ3) is 14.6. The highest BCUT2D eigenvalue weighted by atomic mass is 16.6. The zero-order valence-electron chi connectivity index (χ0n) is 21.7. The van der Waals surface area contributed by atoms with Crippen molar-refractivity contribution in [2.24, 2.45) is 11.3 Å². The number of benzene rings is 1. The summed E-state index contributed by atoms with van der Waals surface area (Å²) in [7, 11) is 1.42. The van der Waals surface area contributed by atoms with Crippen LogP contribution in [0.1, 0.15) is 100.0 Å². The number of hydrogen-bond donors (Lipinski definition) is 1. The van der Waals surface area contributed by atoms with Crippen molar-refractivity contribution in [2.75, 3.05) is 7.11 Å². The fraction of sp³-hybridized carbons (Fsp3) is 0.692. The molecule has 2 atom stereocenters. The molecule has 1 aromatic carbocycles. The molecule has 0 bridgehead atoms. The Bertz CT molecular complexity index is 626. The standard InChI is InChI=1S/C10H14O.C9H18O2.C7H14O2/c1-3-8(2)9-4-6-10(11)7-5-9;1-6-7(2)8(10)11-9(3,4)5;1-5-7(2,3)6(8)9-4/h4-8,11H,3H2,1-2H3;7H,6H2,1-5H3;5H2,1-4H3. The molecule has 0 aliphatic heterocycles. The summed E-state index contributed by atoms with van der Waals surface area (Å²) in [5.41, 5.74) is 0.639. The minimum Gasteiger partial charge on any atom is -0.508 e. The smallest absolute Gasteiger partial charge is 0.311 e. The highest BCUT2D eigenvalue weighted by molar-refractivity contribution is 5.75. The minimum absolute atomic E-state index is 0.0224. The molecule has 0 saturated carbocycles. The van der Waals surface area contributed by atoms with Gasteiger partial charge in [0.1, 0.15) is 11.4 Å². The second-order valence-electron chi connectivity index (χ2n) is 9.47. The summed E-state index contributed by atoms with van der Waals surface area (Å²) in [5, 5.41) is 9.01. The van der Waals surface area contributed by atoms with E-state index in [4.69, 9.17) is 9.84 Å². The van der Waals surface area contributed by atoms with E-state index in [1.165, 1.54) is 12.7 Å². The Balaban J connectivity index is 0. The van der Waals surface area contributed by atoms with Crippen LogP contribution in [0.5, 0.6) is 5.75 Å². The average Bonchev–Trinajstić information content (AvgIpc) is 2.72. The molecule has 1 N–H and O–H groups in total. The second-order valence-corrected chi connectivity index (χ2v) is 9.47. The predicted octanol–water partition coefficient (Wildman–Crippen LogP) is 6.88. The van der Waals surface area contributed by atoms with E-state index in [9.17, 15) is 9.59 Å². The second kappa shape index (κ2) is 14.9. The number of esters is 2. The zero-order chi connectivity index (χ0) is 24.8. The van der Waals surface area contributed by atoms with E-state index in [-0.39, 0.29) is 28.9 Å². The predicted molar refractivity (Wildman–Crippen MR) is 128 cm³/mol. The number of phenolic OH excluding ortho intramolecular Hbond substituents is 1. The number of carbonyl (C=O) groups is 2. The first-order valence-corrected chi connectivity index (χ1v) is 11.2. The molecular weight excluding hydrogens is 392 g/mol. The van der Waals surface area contributed by atoms with Crippen LogP contribution < -0.4 is 0 Å². The van der Waals surface area contributed by atoms with Crippen molar-refractivity contribution < 1.29 is 24.2 Å². The SMILES string of the molecule is CCC(C)(C)C(=O)OC.CCC(C)C(=O)OC(C)(C)C.CCC(C)c1ccc(O)cc1. The molecule has 0 radical (unpaired) electrons. The van der Waals surface area contributed by atoms with Gasteiger partial charge < -0.3 is 14.6 Å². The number of phenols is 1. The Kier molecular flexibility index (Phi) is 14.9. The third-order valence-corrected chi connectivity index (χ3v) is 5.12. The van der Waals surface area contributed by atoms with Gasteiger partial charge in [-0.1, -0.05) is 46.8 Å². The van der Waals surface area contributed by atoms with Crippen LogP contribution in [-0.2, 0) is 19.1 Å². The number of methoxy groups -OCH3 is 1. The summed E-state index contributed by atoms with van der Waals surface area (Å²) in [5.74, 6) is 0.729. The molecule has 0 amide bonds. The van der Waals surface area contributed by atoms with E-state index in [0.29, 0.717) is 11.7 Å². The molecule has 5 nitrogen and oxygen atoms in total. The molecule has 5 heteroatoms. The monoisotopic (exact) mass is 438 g/mol. The largest absolute Gasteiger partial charge is 0.508 e. The molecule has 180 valence electrons. The summed E-state index contributed by atoms with van der Waals surface area (Å²) in [4.78, 5) is 22.0. The van der Waals surface area contributed by atoms with Crippen LogP contribution in [0.2, 0.25) is 0 Å². The maximum atomic E-state index is 11.2. The van der Waals surface area contributed by atoms with E-state index < -0.39 is 0 Å². The van der Waals surface area contributed by atoms with Crippen molar-refractivity contribution in [3.05, 3.63) is 29.8 Å². The normalized spacial score (nSPS) is 12.9. The lowest BCUT2D eigenvalue weighted by atomic mass is 9.91. The first-order chi connectivity index (χ1) is 14.1. The van der Waals surface area contributed by atoms with Gasteiger partial charge in [-0.05, 0) is 77.5 Å². The molecule has 0 aromatic heterocycles. The Morgan fingerprint density at radius 1 is 0.935 bits per heavy atom. The lowest BCUT2D eigenvalue weighted by Crippen LogP contribution is -2.27. The van der Waals surface area contributed by atoms with E-state index in [1.54, 1.807) is 12.1 Å². The van der Waals surface area contributed by atoms with Gasteiger partial charge in [-0.3, -0.25) is 9.59 Å². The van der Waals surface area contributed by atoms with Gasteiger partial charge in [-0.25, -0.2) is 0 Å². The van der Waals surface area contributed by atoms with Crippen LogP contribution >= 0.6 is 0 Å². The highest BCUT2D eigenvalue weighted by Gasteiger charge is 2.25. The van der Waals surface area contributed by atoms with Crippen molar-refractivity contribution in [1.82, 2.24) is 0 Å². The minimum atomic E-state index is -0.347. The molecule has 0 aliphatic rings. The van der Waals surface area contributed by atoms with Gasteiger partial charge in [0.05, 0.1) is 18.4 Å². The quantitative estimate of drug-likeness (QED) is 0.490. The topological polar surface area (TPSA) is 72.8 Å². The molecule has 0 spiro atoms. The summed E-state index contributed by atoms with van der Waals surface area (Å²) < 4.78 is 9.72. The highest BCUT2D eigenvalue weighted by Crippen LogP contribution is 2.21. The molecule has 2 unspecified atom stereocenters. The fourth-order valence-electron chi connectivity index (χ4n) is 2.03. The van der Waals surface area contributed by atoms with Gasteiger partial charge in [-0.2, -0.15) is 0 Å². The number of aromatic hydroxyl groups is 1. The summed E-state index contributed by atoms with van der Waals surface area (Å²) in [6.45, 7) is 19.6. The van der Waals surface area contributed by atoms with Crippen molar-refractivity contribution in [1.29, 1.82) is 0 Å². The van der Waals surface area contributed by atoms with Crippen LogP contribution in [-0.4, -0.2) is 29.8 Å². The van der Waals surface area contributed by atoms with Crippen LogP contribution in [0.4, 0.5) is 0 Å². The maximum absolute atomic E-state index is 11.2. The van der Waals surface area contributed by atoms with Crippen molar-refractivity contribution in [3.63, 3.8) is 0 Å². The Morgan fingerprint density at radius 3 is 1.71 bits per heavy atom. The molecule has 0 fully saturated rings. The molecule has 1 rings (SSSR count). The molecule has 0 saturated heterocycles. The van der Waals surface area contributed by atoms with Gasteiger partial charge in [0, 0.05) is 0 Å².